The topological polar surface area (TPSA) is 90.7 Å². The second-order valence-electron chi connectivity index (χ2n) is 4.16. The third-order valence-electron chi connectivity index (χ3n) is 2.40. The minimum Gasteiger partial charge on any atom is -0.303 e. The van der Waals surface area contributed by atoms with E-state index in [-0.39, 0.29) is 0 Å². The molecule has 0 saturated carbocycles. The summed E-state index contributed by atoms with van der Waals surface area (Å²) in [5.74, 6) is 2.27. The van der Waals surface area contributed by atoms with Crippen LogP contribution in [0.1, 0.15) is 11.1 Å². The van der Waals surface area contributed by atoms with Crippen molar-refractivity contribution in [1.29, 1.82) is 0 Å². The lowest BCUT2D eigenvalue weighted by molar-refractivity contribution is 0.275. The van der Waals surface area contributed by atoms with Crippen LogP contribution in [0.3, 0.4) is 0 Å². The van der Waals surface area contributed by atoms with Crippen LogP contribution in [0, 0.1) is 0 Å². The van der Waals surface area contributed by atoms with E-state index in [9.17, 15) is 0 Å². The molecule has 1 heterocycles. The maximum atomic E-state index is 8.88. The number of rotatable bonds is 5. The molecule has 0 aliphatic heterocycles. The second-order valence-corrected chi connectivity index (χ2v) is 6.29. The number of benzene rings is 1. The Kier molecular flexibility index (Phi) is 8.27. The fourth-order valence-electron chi connectivity index (χ4n) is 1.50. The minimum absolute atomic E-state index is 1.10. The lowest BCUT2D eigenvalue weighted by Crippen LogP contribution is -1.89. The lowest BCUT2D eigenvalue weighted by Gasteiger charge is -2.02. The van der Waals surface area contributed by atoms with Crippen molar-refractivity contribution in [1.82, 2.24) is 4.98 Å². The lowest BCUT2D eigenvalue weighted by atomic mass is 10.2. The van der Waals surface area contributed by atoms with Crippen LogP contribution in [0.25, 0.3) is 0 Å². The molecule has 0 unspecified atom stereocenters. The molecule has 114 valence electrons. The molecule has 5 nitrogen and oxygen atoms in total. The van der Waals surface area contributed by atoms with Gasteiger partial charge in [-0.25, -0.2) is 4.57 Å². The SMILES string of the molecule is O=P(O)(O)O.c1ccc(CSCCc2ccncc2)cc1. The summed E-state index contributed by atoms with van der Waals surface area (Å²) in [6.45, 7) is 0. The normalized spacial score (nSPS) is 10.6. The third kappa shape index (κ3) is 11.2. The van der Waals surface area contributed by atoms with Crippen molar-refractivity contribution >= 4 is 19.6 Å². The fraction of sp³-hybridized carbons (Fsp3) is 0.214. The van der Waals surface area contributed by atoms with E-state index in [1.807, 2.05) is 24.2 Å². The average Bonchev–Trinajstić information content (AvgIpc) is 2.44. The Morgan fingerprint density at radius 1 is 0.952 bits per heavy atom. The molecule has 0 fully saturated rings. The summed E-state index contributed by atoms with van der Waals surface area (Å²) < 4.78 is 8.88. The van der Waals surface area contributed by atoms with Gasteiger partial charge in [0.1, 0.15) is 0 Å². The Balaban J connectivity index is 0.000000383. The summed E-state index contributed by atoms with van der Waals surface area (Å²) in [4.78, 5) is 25.6. The van der Waals surface area contributed by atoms with Crippen LogP contribution in [0.4, 0.5) is 0 Å². The van der Waals surface area contributed by atoms with Crippen molar-refractivity contribution in [3.05, 3.63) is 66.0 Å². The van der Waals surface area contributed by atoms with Gasteiger partial charge in [0, 0.05) is 18.1 Å². The van der Waals surface area contributed by atoms with Crippen LogP contribution < -0.4 is 0 Å². The van der Waals surface area contributed by atoms with Gasteiger partial charge in [0.2, 0.25) is 0 Å². The minimum atomic E-state index is -4.64. The first kappa shape index (κ1) is 17.9. The van der Waals surface area contributed by atoms with Crippen molar-refractivity contribution in [2.45, 2.75) is 12.2 Å². The monoisotopic (exact) mass is 327 g/mol. The number of hydrogen-bond acceptors (Lipinski definition) is 3. The maximum absolute atomic E-state index is 8.88. The first-order valence-electron chi connectivity index (χ1n) is 6.24. The van der Waals surface area contributed by atoms with Gasteiger partial charge in [-0.3, -0.25) is 4.98 Å². The number of hydrogen-bond donors (Lipinski definition) is 3. The molecule has 0 amide bonds. The van der Waals surface area contributed by atoms with Crippen LogP contribution >= 0.6 is 19.6 Å². The zero-order valence-electron chi connectivity index (χ0n) is 11.4. The van der Waals surface area contributed by atoms with Gasteiger partial charge in [-0.2, -0.15) is 11.8 Å². The average molecular weight is 327 g/mol. The number of aryl methyl sites for hydroxylation is 1. The Bertz CT molecular complexity index is 498. The molecule has 3 N–H and O–H groups in total. The number of aromatic nitrogens is 1. The van der Waals surface area contributed by atoms with Gasteiger partial charge in [-0.05, 0) is 35.4 Å². The van der Waals surface area contributed by atoms with Gasteiger partial charge in [0.05, 0.1) is 0 Å². The van der Waals surface area contributed by atoms with Crippen molar-refractivity contribution in [2.75, 3.05) is 5.75 Å². The molecular weight excluding hydrogens is 309 g/mol. The highest BCUT2D eigenvalue weighted by Crippen LogP contribution is 2.25. The first-order chi connectivity index (χ1) is 9.95. The molecule has 21 heavy (non-hydrogen) atoms. The van der Waals surface area contributed by atoms with Crippen LogP contribution in [0.2, 0.25) is 0 Å². The standard InChI is InChI=1S/C14H15NS.H3O4P/c1-2-4-14(5-3-1)12-16-11-8-13-6-9-15-10-7-13;1-5(2,3)4/h1-7,9-10H,8,11-12H2;(H3,1,2,3,4). The predicted molar refractivity (Wildman–Crippen MR) is 84.8 cm³/mol. The number of pyridine rings is 1. The Labute approximate surface area is 128 Å². The summed E-state index contributed by atoms with van der Waals surface area (Å²) in [5.41, 5.74) is 2.78. The molecule has 0 bridgehead atoms. The van der Waals surface area contributed by atoms with Crippen LogP contribution in [0.15, 0.2) is 54.9 Å². The highest BCUT2D eigenvalue weighted by molar-refractivity contribution is 7.98. The first-order valence-corrected chi connectivity index (χ1v) is 8.96. The summed E-state index contributed by atoms with van der Waals surface area (Å²) in [6.07, 6.45) is 4.84. The van der Waals surface area contributed by atoms with E-state index in [1.54, 1.807) is 0 Å². The second kappa shape index (κ2) is 9.71. The van der Waals surface area contributed by atoms with E-state index in [0.717, 1.165) is 12.2 Å². The quantitative estimate of drug-likeness (QED) is 0.578. The molecule has 1 aromatic heterocycles. The van der Waals surface area contributed by atoms with Crippen molar-refractivity contribution in [3.63, 3.8) is 0 Å². The van der Waals surface area contributed by atoms with Crippen molar-refractivity contribution < 1.29 is 19.2 Å². The van der Waals surface area contributed by atoms with Crippen LogP contribution in [-0.4, -0.2) is 25.4 Å². The highest BCUT2D eigenvalue weighted by Gasteiger charge is 2.00. The van der Waals surface area contributed by atoms with Gasteiger partial charge in [0.25, 0.3) is 0 Å². The summed E-state index contributed by atoms with van der Waals surface area (Å²) in [6, 6.07) is 14.8. The van der Waals surface area contributed by atoms with E-state index >= 15 is 0 Å². The van der Waals surface area contributed by atoms with E-state index in [1.165, 1.54) is 16.9 Å². The maximum Gasteiger partial charge on any atom is 0.466 e. The molecule has 2 rings (SSSR count). The Morgan fingerprint density at radius 3 is 2.10 bits per heavy atom. The molecule has 0 atom stereocenters. The molecule has 0 aliphatic carbocycles. The van der Waals surface area contributed by atoms with Crippen LogP contribution in [0.5, 0.6) is 0 Å². The molecule has 0 saturated heterocycles. The number of phosphoric acid groups is 1. The van der Waals surface area contributed by atoms with E-state index in [2.05, 4.69) is 47.4 Å². The summed E-state index contributed by atoms with van der Waals surface area (Å²) in [7, 11) is -4.64. The van der Waals surface area contributed by atoms with E-state index < -0.39 is 7.82 Å². The zero-order chi connectivity index (χ0) is 15.6. The van der Waals surface area contributed by atoms with Gasteiger partial charge in [0.15, 0.2) is 0 Å². The van der Waals surface area contributed by atoms with Gasteiger partial charge < -0.3 is 14.7 Å². The molecule has 0 aliphatic rings. The van der Waals surface area contributed by atoms with E-state index in [4.69, 9.17) is 19.2 Å². The van der Waals surface area contributed by atoms with Crippen LogP contribution in [-0.2, 0) is 16.7 Å². The Morgan fingerprint density at radius 2 is 1.52 bits per heavy atom. The molecule has 2 aromatic rings. The highest BCUT2D eigenvalue weighted by atomic mass is 32.2. The van der Waals surface area contributed by atoms with Gasteiger partial charge in [-0.15, -0.1) is 0 Å². The summed E-state index contributed by atoms with van der Waals surface area (Å²) in [5, 5.41) is 0. The van der Waals surface area contributed by atoms with Gasteiger partial charge >= 0.3 is 7.82 Å². The Hall–Kier alpha value is -1.17. The fourth-order valence-corrected chi connectivity index (χ4v) is 2.46. The third-order valence-corrected chi connectivity index (χ3v) is 3.43. The zero-order valence-corrected chi connectivity index (χ0v) is 13.1. The molecular formula is C14H18NO4PS. The largest absolute Gasteiger partial charge is 0.466 e. The predicted octanol–water partition coefficient (Wildman–Crippen LogP) is 2.63. The number of thioether (sulfide) groups is 1. The van der Waals surface area contributed by atoms with Crippen molar-refractivity contribution in [2.24, 2.45) is 0 Å². The smallest absolute Gasteiger partial charge is 0.303 e. The van der Waals surface area contributed by atoms with E-state index in [0.29, 0.717) is 0 Å². The molecule has 0 spiro atoms. The number of nitrogens with zero attached hydrogens (tertiary/aromatic N) is 1. The van der Waals surface area contributed by atoms with Crippen molar-refractivity contribution in [3.8, 4) is 0 Å². The molecule has 7 heteroatoms. The summed E-state index contributed by atoms with van der Waals surface area (Å²) >= 11 is 1.98. The molecule has 0 radical (unpaired) electrons. The van der Waals surface area contributed by atoms with Gasteiger partial charge in [-0.1, -0.05) is 30.3 Å². The molecule has 1 aromatic carbocycles.